The molecule has 0 aromatic heterocycles. The highest BCUT2D eigenvalue weighted by atomic mass is 16.4. The average molecular weight is 244 g/mol. The van der Waals surface area contributed by atoms with Gasteiger partial charge in [0.2, 0.25) is 5.91 Å². The quantitative estimate of drug-likeness (QED) is 0.460. The molecule has 1 saturated carbocycles. The molecular formula is C11H20N2O4. The molecule has 0 heterocycles. The topological polar surface area (TPSA) is 98.7 Å². The summed E-state index contributed by atoms with van der Waals surface area (Å²) in [5, 5.41) is 23.9. The normalized spacial score (nSPS) is 18.5. The summed E-state index contributed by atoms with van der Waals surface area (Å²) in [6, 6.07) is 0.568. The zero-order valence-corrected chi connectivity index (χ0v) is 10.0. The van der Waals surface area contributed by atoms with Crippen LogP contribution in [0.25, 0.3) is 0 Å². The number of aliphatic carboxylic acids is 1. The number of carbonyl (C=O) groups excluding carboxylic acids is 1. The van der Waals surface area contributed by atoms with Crippen LogP contribution >= 0.6 is 0 Å². The number of carboxylic acid groups (broad SMARTS) is 1. The van der Waals surface area contributed by atoms with Crippen LogP contribution in [0.4, 0.5) is 0 Å². The summed E-state index contributed by atoms with van der Waals surface area (Å²) < 4.78 is 0. The highest BCUT2D eigenvalue weighted by Gasteiger charge is 2.25. The molecule has 0 bridgehead atoms. The number of carbonyl (C=O) groups is 2. The lowest BCUT2D eigenvalue weighted by molar-refractivity contribution is -0.142. The molecule has 0 radical (unpaired) electrons. The van der Waals surface area contributed by atoms with E-state index in [0.29, 0.717) is 19.0 Å². The zero-order chi connectivity index (χ0) is 12.9. The van der Waals surface area contributed by atoms with Crippen LogP contribution in [0.5, 0.6) is 0 Å². The van der Waals surface area contributed by atoms with Gasteiger partial charge in [-0.2, -0.15) is 0 Å². The van der Waals surface area contributed by atoms with E-state index in [-0.39, 0.29) is 18.9 Å². The highest BCUT2D eigenvalue weighted by Crippen LogP contribution is 2.18. The van der Waals surface area contributed by atoms with Gasteiger partial charge in [0.15, 0.2) is 0 Å². The summed E-state index contributed by atoms with van der Waals surface area (Å²) in [5.41, 5.74) is -1.40. The summed E-state index contributed by atoms with van der Waals surface area (Å²) in [7, 11) is 0. The highest BCUT2D eigenvalue weighted by molar-refractivity contribution is 5.76. The van der Waals surface area contributed by atoms with Crippen molar-refractivity contribution in [2.24, 2.45) is 0 Å². The van der Waals surface area contributed by atoms with Crippen LogP contribution < -0.4 is 10.6 Å². The molecule has 98 valence electrons. The molecule has 1 aliphatic carbocycles. The monoisotopic (exact) mass is 244 g/mol. The standard InChI is InChI=1S/C11H20N2O4/c1-11(17,6-10(15)16)7-13-9(14)4-5-12-8-2-3-8/h8,12,17H,2-7H2,1H3,(H,13,14)(H,15,16). The maximum Gasteiger partial charge on any atom is 0.306 e. The lowest BCUT2D eigenvalue weighted by Gasteiger charge is -2.21. The van der Waals surface area contributed by atoms with Crippen molar-refractivity contribution < 1.29 is 19.8 Å². The van der Waals surface area contributed by atoms with E-state index in [2.05, 4.69) is 10.6 Å². The van der Waals surface area contributed by atoms with Crippen molar-refractivity contribution in [3.05, 3.63) is 0 Å². The summed E-state index contributed by atoms with van der Waals surface area (Å²) in [5.74, 6) is -1.26. The molecule has 1 atom stereocenters. The van der Waals surface area contributed by atoms with E-state index in [9.17, 15) is 14.7 Å². The first-order valence-corrected chi connectivity index (χ1v) is 5.83. The minimum Gasteiger partial charge on any atom is -0.481 e. The molecule has 1 rings (SSSR count). The molecule has 1 fully saturated rings. The van der Waals surface area contributed by atoms with Crippen LogP contribution in [0.1, 0.15) is 32.6 Å². The van der Waals surface area contributed by atoms with Gasteiger partial charge in [0.1, 0.15) is 0 Å². The second-order valence-corrected chi connectivity index (χ2v) is 4.82. The lowest BCUT2D eigenvalue weighted by atomic mass is 10.0. The van der Waals surface area contributed by atoms with Crippen molar-refractivity contribution in [1.82, 2.24) is 10.6 Å². The van der Waals surface area contributed by atoms with Gasteiger partial charge < -0.3 is 20.8 Å². The Morgan fingerprint density at radius 2 is 2.06 bits per heavy atom. The number of hydrogen-bond donors (Lipinski definition) is 4. The maximum absolute atomic E-state index is 11.4. The van der Waals surface area contributed by atoms with E-state index in [4.69, 9.17) is 5.11 Å². The second-order valence-electron chi connectivity index (χ2n) is 4.82. The van der Waals surface area contributed by atoms with Crippen LogP contribution in [0, 0.1) is 0 Å². The first-order valence-electron chi connectivity index (χ1n) is 5.83. The van der Waals surface area contributed by atoms with Gasteiger partial charge in [0, 0.05) is 25.6 Å². The van der Waals surface area contributed by atoms with Crippen LogP contribution in [0.15, 0.2) is 0 Å². The van der Waals surface area contributed by atoms with Crippen molar-refractivity contribution in [3.8, 4) is 0 Å². The minimum absolute atomic E-state index is 0.0401. The van der Waals surface area contributed by atoms with Crippen LogP contribution in [0.2, 0.25) is 0 Å². The van der Waals surface area contributed by atoms with Crippen LogP contribution in [0.3, 0.4) is 0 Å². The molecule has 0 saturated heterocycles. The van der Waals surface area contributed by atoms with Crippen molar-refractivity contribution in [2.75, 3.05) is 13.1 Å². The fourth-order valence-electron chi connectivity index (χ4n) is 1.44. The molecular weight excluding hydrogens is 224 g/mol. The summed E-state index contributed by atoms with van der Waals surface area (Å²) >= 11 is 0. The first kappa shape index (κ1) is 13.9. The Morgan fingerprint density at radius 3 is 2.59 bits per heavy atom. The van der Waals surface area contributed by atoms with Crippen molar-refractivity contribution in [2.45, 2.75) is 44.2 Å². The number of carboxylic acids is 1. The third-order valence-electron chi connectivity index (χ3n) is 2.56. The molecule has 0 spiro atoms. The Labute approximate surface area is 100 Å². The molecule has 6 nitrogen and oxygen atoms in total. The van der Waals surface area contributed by atoms with Crippen LogP contribution in [-0.4, -0.2) is 46.8 Å². The fourth-order valence-corrected chi connectivity index (χ4v) is 1.44. The Kier molecular flexibility index (Phi) is 4.89. The second kappa shape index (κ2) is 5.97. The predicted molar refractivity (Wildman–Crippen MR) is 61.5 cm³/mol. The van der Waals surface area contributed by atoms with Gasteiger partial charge >= 0.3 is 5.97 Å². The van der Waals surface area contributed by atoms with E-state index in [0.717, 1.165) is 0 Å². The van der Waals surface area contributed by atoms with E-state index >= 15 is 0 Å². The Hall–Kier alpha value is -1.14. The summed E-state index contributed by atoms with van der Waals surface area (Å²) in [6.07, 6.45) is 2.32. The SMILES string of the molecule is CC(O)(CNC(=O)CCNC1CC1)CC(=O)O. The van der Waals surface area contributed by atoms with Crippen molar-refractivity contribution in [1.29, 1.82) is 0 Å². The number of aliphatic hydroxyl groups is 1. The van der Waals surface area contributed by atoms with Gasteiger partial charge in [0.25, 0.3) is 0 Å². The third-order valence-corrected chi connectivity index (χ3v) is 2.56. The number of hydrogen-bond acceptors (Lipinski definition) is 4. The lowest BCUT2D eigenvalue weighted by Crippen LogP contribution is -2.42. The fraction of sp³-hybridized carbons (Fsp3) is 0.818. The Morgan fingerprint density at radius 1 is 1.41 bits per heavy atom. The summed E-state index contributed by atoms with van der Waals surface area (Å²) in [4.78, 5) is 21.8. The zero-order valence-electron chi connectivity index (χ0n) is 10.0. The van der Waals surface area contributed by atoms with E-state index in [1.54, 1.807) is 0 Å². The van der Waals surface area contributed by atoms with E-state index in [1.165, 1.54) is 19.8 Å². The number of rotatable bonds is 8. The Bertz CT molecular complexity index is 287. The molecule has 0 aromatic carbocycles. The first-order chi connectivity index (χ1) is 7.89. The number of amides is 1. The molecule has 0 aliphatic heterocycles. The molecule has 17 heavy (non-hydrogen) atoms. The molecule has 6 heteroatoms. The van der Waals surface area contributed by atoms with Gasteiger partial charge in [-0.25, -0.2) is 0 Å². The van der Waals surface area contributed by atoms with Gasteiger partial charge in [0.05, 0.1) is 12.0 Å². The molecule has 0 aromatic rings. The van der Waals surface area contributed by atoms with E-state index < -0.39 is 11.6 Å². The van der Waals surface area contributed by atoms with Gasteiger partial charge in [-0.3, -0.25) is 9.59 Å². The minimum atomic E-state index is -1.40. The third kappa shape index (κ3) is 6.91. The van der Waals surface area contributed by atoms with Crippen LogP contribution in [-0.2, 0) is 9.59 Å². The van der Waals surface area contributed by atoms with Gasteiger partial charge in [-0.15, -0.1) is 0 Å². The predicted octanol–water partition coefficient (Wildman–Crippen LogP) is -0.530. The number of nitrogens with one attached hydrogen (secondary N) is 2. The van der Waals surface area contributed by atoms with Crippen molar-refractivity contribution >= 4 is 11.9 Å². The smallest absolute Gasteiger partial charge is 0.306 e. The Balaban J connectivity index is 2.10. The van der Waals surface area contributed by atoms with Gasteiger partial charge in [-0.05, 0) is 19.8 Å². The summed E-state index contributed by atoms with van der Waals surface area (Å²) in [6.45, 7) is 1.98. The van der Waals surface area contributed by atoms with Crippen molar-refractivity contribution in [3.63, 3.8) is 0 Å². The molecule has 1 amide bonds. The molecule has 4 N–H and O–H groups in total. The van der Waals surface area contributed by atoms with E-state index in [1.807, 2.05) is 0 Å². The largest absolute Gasteiger partial charge is 0.481 e. The molecule has 1 aliphatic rings. The molecule has 1 unspecified atom stereocenters. The maximum atomic E-state index is 11.4. The van der Waals surface area contributed by atoms with Gasteiger partial charge in [-0.1, -0.05) is 0 Å². The average Bonchev–Trinajstić information content (AvgIpc) is 2.97.